The van der Waals surface area contributed by atoms with Crippen molar-refractivity contribution in [3.8, 4) is 0 Å². The topological polar surface area (TPSA) is 90.3 Å². The Morgan fingerprint density at radius 1 is 1.23 bits per heavy atom. The van der Waals surface area contributed by atoms with Crippen LogP contribution in [0.5, 0.6) is 0 Å². The summed E-state index contributed by atoms with van der Waals surface area (Å²) < 4.78 is 45.0. The lowest BCUT2D eigenvalue weighted by Crippen LogP contribution is -2.28. The van der Waals surface area contributed by atoms with Crippen LogP contribution in [0, 0.1) is 6.92 Å². The molecule has 1 N–H and O–H groups in total. The molecule has 0 saturated heterocycles. The van der Waals surface area contributed by atoms with Gasteiger partial charge in [0.1, 0.15) is 6.54 Å². The normalized spacial score (nSPS) is 11.4. The van der Waals surface area contributed by atoms with Crippen LogP contribution in [0.4, 0.5) is 18.9 Å². The van der Waals surface area contributed by atoms with Gasteiger partial charge in [-0.25, -0.2) is 4.98 Å². The van der Waals surface area contributed by atoms with Crippen LogP contribution in [0.2, 0.25) is 5.02 Å². The van der Waals surface area contributed by atoms with E-state index in [1.807, 2.05) is 5.32 Å². The number of halogens is 4. The summed E-state index contributed by atoms with van der Waals surface area (Å²) in [5, 5.41) is 2.19. The van der Waals surface area contributed by atoms with Gasteiger partial charge in [0.15, 0.2) is 6.61 Å². The third-order valence-electron chi connectivity index (χ3n) is 4.28. The highest BCUT2D eigenvalue weighted by Crippen LogP contribution is 2.36. The van der Waals surface area contributed by atoms with Gasteiger partial charge in [-0.05, 0) is 36.8 Å². The highest BCUT2D eigenvalue weighted by atomic mass is 35.5. The zero-order valence-corrected chi connectivity index (χ0v) is 16.8. The van der Waals surface area contributed by atoms with Gasteiger partial charge in [-0.2, -0.15) is 13.2 Å². The number of esters is 1. The lowest BCUT2D eigenvalue weighted by Gasteiger charge is -2.14. The van der Waals surface area contributed by atoms with E-state index in [9.17, 15) is 27.6 Å². The Balaban J connectivity index is 1.65. The number of carbonyl (C=O) groups excluding carboxylic acids is 2. The van der Waals surface area contributed by atoms with Gasteiger partial charge >= 0.3 is 12.1 Å². The summed E-state index contributed by atoms with van der Waals surface area (Å²) >= 11 is 5.58. The molecule has 1 heterocycles. The SMILES string of the molecule is Cc1cccc2c(=O)n(CC(=O)OCC(=O)Nc3ccc(Cl)cc3C(F)(F)F)cnc12. The van der Waals surface area contributed by atoms with Crippen LogP contribution >= 0.6 is 11.6 Å². The van der Waals surface area contributed by atoms with Crippen molar-refractivity contribution < 1.29 is 27.5 Å². The first-order valence-electron chi connectivity index (χ1n) is 8.83. The number of amides is 1. The fourth-order valence-electron chi connectivity index (χ4n) is 2.83. The Kier molecular flexibility index (Phi) is 6.30. The van der Waals surface area contributed by atoms with E-state index in [0.717, 1.165) is 16.2 Å². The van der Waals surface area contributed by atoms with Crippen molar-refractivity contribution in [2.24, 2.45) is 0 Å². The third-order valence-corrected chi connectivity index (χ3v) is 4.52. The molecule has 11 heteroatoms. The second-order valence-electron chi connectivity index (χ2n) is 6.55. The molecule has 0 atom stereocenters. The zero-order chi connectivity index (χ0) is 22.8. The van der Waals surface area contributed by atoms with Gasteiger partial charge in [0.05, 0.1) is 28.5 Å². The van der Waals surface area contributed by atoms with Crippen molar-refractivity contribution in [1.82, 2.24) is 9.55 Å². The van der Waals surface area contributed by atoms with Crippen molar-refractivity contribution in [3.63, 3.8) is 0 Å². The molecule has 7 nitrogen and oxygen atoms in total. The van der Waals surface area contributed by atoms with Gasteiger partial charge in [-0.1, -0.05) is 23.7 Å². The number of alkyl halides is 3. The van der Waals surface area contributed by atoms with Gasteiger partial charge in [-0.3, -0.25) is 19.0 Å². The van der Waals surface area contributed by atoms with Crippen LogP contribution in [-0.2, 0) is 27.0 Å². The number of rotatable bonds is 5. The summed E-state index contributed by atoms with van der Waals surface area (Å²) in [6, 6.07) is 7.88. The van der Waals surface area contributed by atoms with Crippen molar-refractivity contribution >= 4 is 40.1 Å². The number of aromatic nitrogens is 2. The number of nitrogens with one attached hydrogen (secondary N) is 1. The van der Waals surface area contributed by atoms with E-state index in [4.69, 9.17) is 16.3 Å². The van der Waals surface area contributed by atoms with E-state index in [-0.39, 0.29) is 5.02 Å². The Hall–Kier alpha value is -3.40. The second-order valence-corrected chi connectivity index (χ2v) is 6.98. The van der Waals surface area contributed by atoms with E-state index < -0.39 is 48.0 Å². The van der Waals surface area contributed by atoms with Gasteiger partial charge in [0.2, 0.25) is 0 Å². The maximum Gasteiger partial charge on any atom is 0.418 e. The Labute approximate surface area is 178 Å². The largest absolute Gasteiger partial charge is 0.454 e. The first kappa shape index (κ1) is 22.3. The number of nitrogens with zero attached hydrogens (tertiary/aromatic N) is 2. The summed E-state index contributed by atoms with van der Waals surface area (Å²) in [6.07, 6.45) is -3.56. The summed E-state index contributed by atoms with van der Waals surface area (Å²) in [5.41, 5.74) is -0.834. The maximum atomic E-state index is 13.1. The molecular formula is C20H15ClF3N3O4. The molecule has 0 saturated carbocycles. The van der Waals surface area contributed by atoms with Crippen LogP contribution < -0.4 is 10.9 Å². The molecule has 0 aliphatic rings. The molecule has 0 unspecified atom stereocenters. The molecule has 0 bridgehead atoms. The zero-order valence-electron chi connectivity index (χ0n) is 16.0. The van der Waals surface area contributed by atoms with Crippen molar-refractivity contribution in [1.29, 1.82) is 0 Å². The number of aryl methyl sites for hydroxylation is 1. The molecule has 1 amide bonds. The standard InChI is InChI=1S/C20H15ClF3N3O4/c1-11-3-2-4-13-18(11)25-10-27(19(13)30)8-17(29)31-9-16(28)26-15-6-5-12(21)7-14(15)20(22,23)24/h2-7,10H,8-9H2,1H3,(H,26,28). The number of fused-ring (bicyclic) bond motifs is 1. The number of benzene rings is 2. The first-order chi connectivity index (χ1) is 14.6. The van der Waals surface area contributed by atoms with Crippen LogP contribution in [0.1, 0.15) is 11.1 Å². The molecule has 0 aliphatic heterocycles. The Morgan fingerprint density at radius 2 is 1.97 bits per heavy atom. The predicted octanol–water partition coefficient (Wildman–Crippen LogP) is 3.56. The van der Waals surface area contributed by atoms with Crippen LogP contribution in [0.15, 0.2) is 47.5 Å². The molecule has 1 aromatic heterocycles. The minimum absolute atomic E-state index is 0.151. The number of ether oxygens (including phenoxy) is 1. The first-order valence-corrected chi connectivity index (χ1v) is 9.21. The van der Waals surface area contributed by atoms with Crippen molar-refractivity contribution in [2.75, 3.05) is 11.9 Å². The fraction of sp³-hybridized carbons (Fsp3) is 0.200. The Morgan fingerprint density at radius 3 is 2.68 bits per heavy atom. The smallest absolute Gasteiger partial charge is 0.418 e. The number of para-hydroxylation sites is 1. The molecule has 3 rings (SSSR count). The molecule has 0 aliphatic carbocycles. The second kappa shape index (κ2) is 8.76. The monoisotopic (exact) mass is 453 g/mol. The summed E-state index contributed by atoms with van der Waals surface area (Å²) in [7, 11) is 0. The number of anilines is 1. The minimum atomic E-state index is -4.74. The Bertz CT molecular complexity index is 1220. The lowest BCUT2D eigenvalue weighted by molar-refractivity contribution is -0.148. The minimum Gasteiger partial charge on any atom is -0.454 e. The summed E-state index contributed by atoms with van der Waals surface area (Å²) in [4.78, 5) is 40.6. The average Bonchev–Trinajstić information content (AvgIpc) is 2.69. The number of carbonyl (C=O) groups is 2. The van der Waals surface area contributed by atoms with E-state index >= 15 is 0 Å². The van der Waals surface area contributed by atoms with Crippen LogP contribution in [0.25, 0.3) is 10.9 Å². The highest BCUT2D eigenvalue weighted by molar-refractivity contribution is 6.30. The van der Waals surface area contributed by atoms with E-state index in [1.165, 1.54) is 12.4 Å². The number of hydrogen-bond acceptors (Lipinski definition) is 5. The van der Waals surface area contributed by atoms with Crippen molar-refractivity contribution in [3.05, 3.63) is 69.2 Å². The van der Waals surface area contributed by atoms with Gasteiger partial charge < -0.3 is 10.1 Å². The summed E-state index contributed by atoms with van der Waals surface area (Å²) in [6.45, 7) is 0.433. The molecule has 0 fully saturated rings. The van der Waals surface area contributed by atoms with Gasteiger partial charge in [0.25, 0.3) is 11.5 Å². The van der Waals surface area contributed by atoms with Gasteiger partial charge in [0, 0.05) is 5.02 Å². The highest BCUT2D eigenvalue weighted by Gasteiger charge is 2.34. The third kappa shape index (κ3) is 5.21. The molecule has 2 aromatic carbocycles. The quantitative estimate of drug-likeness (QED) is 0.597. The molecule has 3 aromatic rings. The fourth-order valence-corrected chi connectivity index (χ4v) is 3.00. The van der Waals surface area contributed by atoms with E-state index in [2.05, 4.69) is 4.98 Å². The van der Waals surface area contributed by atoms with Crippen LogP contribution in [-0.4, -0.2) is 28.0 Å². The summed E-state index contributed by atoms with van der Waals surface area (Å²) in [5.74, 6) is -1.92. The molecule has 0 spiro atoms. The van der Waals surface area contributed by atoms with Gasteiger partial charge in [-0.15, -0.1) is 0 Å². The molecule has 162 valence electrons. The van der Waals surface area contributed by atoms with Crippen LogP contribution in [0.3, 0.4) is 0 Å². The lowest BCUT2D eigenvalue weighted by atomic mass is 10.1. The maximum absolute atomic E-state index is 13.1. The van der Waals surface area contributed by atoms with Crippen molar-refractivity contribution in [2.45, 2.75) is 19.6 Å². The van der Waals surface area contributed by atoms with E-state index in [1.54, 1.807) is 25.1 Å². The number of hydrogen-bond donors (Lipinski definition) is 1. The molecular weight excluding hydrogens is 439 g/mol. The van der Waals surface area contributed by atoms with E-state index in [0.29, 0.717) is 17.0 Å². The average molecular weight is 454 g/mol. The molecule has 0 radical (unpaired) electrons. The predicted molar refractivity (Wildman–Crippen MR) is 107 cm³/mol. The molecule has 31 heavy (non-hydrogen) atoms.